The van der Waals surface area contributed by atoms with Crippen molar-refractivity contribution in [1.29, 1.82) is 0 Å². The van der Waals surface area contributed by atoms with Crippen LogP contribution in [0.3, 0.4) is 0 Å². The van der Waals surface area contributed by atoms with E-state index in [9.17, 15) is 32.7 Å². The molecule has 196 valence electrons. The molecule has 0 bridgehead atoms. The minimum Gasteiger partial charge on any atom is -0.480 e. The number of carbonyl (C=O) groups is 4. The van der Waals surface area contributed by atoms with Gasteiger partial charge in [0, 0.05) is 11.4 Å². The number of fused-ring (bicyclic) bond motifs is 1. The second kappa shape index (κ2) is 9.62. The number of thiazole rings is 1. The van der Waals surface area contributed by atoms with E-state index in [0.717, 1.165) is 24.2 Å². The average Bonchev–Trinajstić information content (AvgIpc) is 3.49. The lowest BCUT2D eigenvalue weighted by atomic mass is 10.0. The lowest BCUT2D eigenvalue weighted by molar-refractivity contribution is -0.151. The van der Waals surface area contributed by atoms with Crippen molar-refractivity contribution < 1.29 is 42.1 Å². The highest BCUT2D eigenvalue weighted by Crippen LogP contribution is 2.41. The summed E-state index contributed by atoms with van der Waals surface area (Å²) in [5, 5.41) is 17.0. The predicted octanol–water partition coefficient (Wildman–Crippen LogP) is -1.18. The fourth-order valence-corrected chi connectivity index (χ4v) is 6.44. The van der Waals surface area contributed by atoms with E-state index >= 15 is 0 Å². The first-order chi connectivity index (χ1) is 16.9. The van der Waals surface area contributed by atoms with Crippen LogP contribution in [0.5, 0.6) is 0 Å². The van der Waals surface area contributed by atoms with Crippen molar-refractivity contribution >= 4 is 56.2 Å². The van der Waals surface area contributed by atoms with Gasteiger partial charge in [-0.15, -0.1) is 11.3 Å². The number of carboxylic acids is 1. The summed E-state index contributed by atoms with van der Waals surface area (Å²) in [5.41, 5.74) is 5.17. The zero-order valence-corrected chi connectivity index (χ0v) is 20.6. The summed E-state index contributed by atoms with van der Waals surface area (Å²) in [6.07, 6.45) is 2.81. The van der Waals surface area contributed by atoms with Crippen LogP contribution in [0.25, 0.3) is 0 Å². The molecule has 1 aliphatic carbocycles. The molecule has 3 heterocycles. The molecule has 2 saturated heterocycles. The van der Waals surface area contributed by atoms with Gasteiger partial charge in [-0.3, -0.25) is 18.9 Å². The highest BCUT2D eigenvalue weighted by molar-refractivity contribution is 7.84. The maximum atomic E-state index is 12.9. The number of nitrogens with two attached hydrogens (primary N) is 1. The standard InChI is InChI=1S/C19H24N6O9S2/c1-8-14(17(28)25(8)36(31,32)33)22-16(27)15(10-7-35-19(20)21-10)23-34-6-13(26)24-11-4-2-3-9(11)5-12(24)18(29)30/h7-9,11-12,14H,2-6H2,1H3,(H2,20,21)(H,22,27)(H,29,30)(H,31,32,33)/b23-15-/t8-,9?,11?,12+,14-/m0/s1. The van der Waals surface area contributed by atoms with E-state index in [1.165, 1.54) is 17.2 Å². The number of rotatable bonds is 8. The molecule has 1 saturated carbocycles. The number of amides is 3. The van der Waals surface area contributed by atoms with Crippen LogP contribution in [-0.2, 0) is 34.3 Å². The van der Waals surface area contributed by atoms with E-state index in [-0.39, 0.29) is 27.1 Å². The number of aromatic nitrogens is 1. The third kappa shape index (κ3) is 4.72. The molecule has 1 aromatic heterocycles. The van der Waals surface area contributed by atoms with Crippen molar-refractivity contribution in [3.8, 4) is 0 Å². The molecule has 17 heteroatoms. The normalized spacial score (nSPS) is 28.0. The minimum atomic E-state index is -4.78. The smallest absolute Gasteiger partial charge is 0.362 e. The molecule has 0 radical (unpaired) electrons. The largest absolute Gasteiger partial charge is 0.480 e. The number of nitrogens with one attached hydrogen (secondary N) is 1. The molecule has 3 aliphatic rings. The Kier molecular flexibility index (Phi) is 6.89. The van der Waals surface area contributed by atoms with E-state index in [4.69, 9.17) is 15.1 Å². The molecular formula is C19H24N6O9S2. The van der Waals surface area contributed by atoms with Gasteiger partial charge in [-0.2, -0.15) is 8.42 Å². The number of hydrogen-bond donors (Lipinski definition) is 4. The van der Waals surface area contributed by atoms with Crippen LogP contribution in [0, 0.1) is 5.92 Å². The van der Waals surface area contributed by atoms with E-state index in [0.29, 0.717) is 12.8 Å². The van der Waals surface area contributed by atoms with Gasteiger partial charge < -0.3 is 25.9 Å². The molecule has 0 spiro atoms. The van der Waals surface area contributed by atoms with Gasteiger partial charge in [0.25, 0.3) is 17.7 Å². The van der Waals surface area contributed by atoms with Crippen molar-refractivity contribution in [1.82, 2.24) is 19.5 Å². The van der Waals surface area contributed by atoms with Gasteiger partial charge in [0.2, 0.25) is 0 Å². The van der Waals surface area contributed by atoms with Crippen molar-refractivity contribution in [2.24, 2.45) is 11.1 Å². The summed E-state index contributed by atoms with van der Waals surface area (Å²) in [7, 11) is -4.78. The van der Waals surface area contributed by atoms with Gasteiger partial charge in [0.15, 0.2) is 17.5 Å². The number of hydrogen-bond acceptors (Lipinski definition) is 11. The van der Waals surface area contributed by atoms with E-state index in [2.05, 4.69) is 15.5 Å². The fourth-order valence-electron chi connectivity index (χ4n) is 5.01. The third-order valence-corrected chi connectivity index (χ3v) is 8.29. The van der Waals surface area contributed by atoms with E-state index < -0.39 is 64.4 Å². The Morgan fingerprint density at radius 3 is 2.67 bits per heavy atom. The van der Waals surface area contributed by atoms with Crippen molar-refractivity contribution in [3.05, 3.63) is 11.1 Å². The van der Waals surface area contributed by atoms with Crippen LogP contribution in [0.1, 0.15) is 38.3 Å². The van der Waals surface area contributed by atoms with Gasteiger partial charge in [0.05, 0.1) is 6.04 Å². The summed E-state index contributed by atoms with van der Waals surface area (Å²) in [4.78, 5) is 59.9. The van der Waals surface area contributed by atoms with Gasteiger partial charge in [0.1, 0.15) is 17.8 Å². The highest BCUT2D eigenvalue weighted by atomic mass is 32.2. The van der Waals surface area contributed by atoms with Crippen LogP contribution >= 0.6 is 11.3 Å². The number of β-lactam (4-membered cyclic amide) rings is 1. The molecule has 15 nitrogen and oxygen atoms in total. The fraction of sp³-hybridized carbons (Fsp3) is 0.579. The molecule has 4 rings (SSSR count). The first kappa shape index (κ1) is 25.8. The van der Waals surface area contributed by atoms with Gasteiger partial charge in [-0.25, -0.2) is 14.1 Å². The molecule has 2 unspecified atom stereocenters. The van der Waals surface area contributed by atoms with Crippen molar-refractivity contribution in [2.75, 3.05) is 12.3 Å². The van der Waals surface area contributed by atoms with Crippen LogP contribution in [0.4, 0.5) is 5.13 Å². The van der Waals surface area contributed by atoms with E-state index in [1.54, 1.807) is 0 Å². The zero-order chi connectivity index (χ0) is 26.4. The molecule has 0 aromatic carbocycles. The summed E-state index contributed by atoms with van der Waals surface area (Å²) in [6, 6.07) is -3.49. The lowest BCUT2D eigenvalue weighted by Crippen LogP contribution is -2.71. The second-order valence-corrected chi connectivity index (χ2v) is 10.9. The van der Waals surface area contributed by atoms with Gasteiger partial charge in [-0.1, -0.05) is 11.6 Å². The van der Waals surface area contributed by atoms with Crippen LogP contribution in [0.15, 0.2) is 10.5 Å². The monoisotopic (exact) mass is 544 g/mol. The Bertz CT molecular complexity index is 1230. The molecular weight excluding hydrogens is 520 g/mol. The predicted molar refractivity (Wildman–Crippen MR) is 123 cm³/mol. The maximum Gasteiger partial charge on any atom is 0.362 e. The zero-order valence-electron chi connectivity index (χ0n) is 18.9. The molecule has 2 aliphatic heterocycles. The van der Waals surface area contributed by atoms with Crippen molar-refractivity contribution in [2.45, 2.75) is 56.8 Å². The number of nitrogen functional groups attached to an aromatic ring is 1. The Morgan fingerprint density at radius 2 is 2.08 bits per heavy atom. The number of anilines is 1. The summed E-state index contributed by atoms with van der Waals surface area (Å²) in [5.74, 6) is -3.59. The molecule has 1 aromatic rings. The Hall–Kier alpha value is -3.31. The first-order valence-electron chi connectivity index (χ1n) is 11.0. The number of oxime groups is 1. The number of likely N-dealkylation sites (tertiary alicyclic amines) is 1. The lowest BCUT2D eigenvalue weighted by Gasteiger charge is -2.42. The number of carbonyl (C=O) groups excluding carboxylic acids is 3. The number of carboxylic acid groups (broad SMARTS) is 1. The molecule has 5 atom stereocenters. The van der Waals surface area contributed by atoms with Crippen LogP contribution in [0.2, 0.25) is 0 Å². The topological polar surface area (TPSA) is 222 Å². The maximum absolute atomic E-state index is 12.9. The Labute approximate surface area is 209 Å². The van der Waals surface area contributed by atoms with Crippen LogP contribution in [-0.4, -0.2) is 92.4 Å². The van der Waals surface area contributed by atoms with Crippen molar-refractivity contribution in [3.63, 3.8) is 0 Å². The molecule has 36 heavy (non-hydrogen) atoms. The Morgan fingerprint density at radius 1 is 1.36 bits per heavy atom. The average molecular weight is 545 g/mol. The summed E-state index contributed by atoms with van der Waals surface area (Å²) >= 11 is 0.990. The molecule has 5 N–H and O–H groups in total. The minimum absolute atomic E-state index is 0.0195. The van der Waals surface area contributed by atoms with Crippen LogP contribution < -0.4 is 11.1 Å². The first-order valence-corrected chi connectivity index (χ1v) is 13.2. The Balaban J connectivity index is 1.47. The van der Waals surface area contributed by atoms with Gasteiger partial charge >= 0.3 is 16.3 Å². The third-order valence-electron chi connectivity index (χ3n) is 6.61. The summed E-state index contributed by atoms with van der Waals surface area (Å²) < 4.78 is 31.9. The van der Waals surface area contributed by atoms with E-state index in [1.807, 2.05) is 0 Å². The molecule has 3 amide bonds. The quantitative estimate of drug-likeness (QED) is 0.132. The van der Waals surface area contributed by atoms with Gasteiger partial charge in [-0.05, 0) is 32.1 Å². The molecule has 3 fully saturated rings. The number of nitrogens with zero attached hydrogens (tertiary/aromatic N) is 4. The second-order valence-electron chi connectivity index (χ2n) is 8.74. The SMILES string of the molecule is C[C@H]1[C@H](NC(=O)/C(=N\OCC(=O)N2C3CCCC3C[C@@H]2C(=O)O)c2csc(N)n2)C(=O)N1S(=O)(=O)O. The summed E-state index contributed by atoms with van der Waals surface area (Å²) in [6.45, 7) is 0.664. The number of aliphatic carboxylic acids is 1. The highest BCUT2D eigenvalue weighted by Gasteiger charge is 2.52.